The second kappa shape index (κ2) is 8.51. The molecule has 1 rings (SSSR count). The van der Waals surface area contributed by atoms with Crippen LogP contribution in [0.15, 0.2) is 24.3 Å². The summed E-state index contributed by atoms with van der Waals surface area (Å²) in [7, 11) is 0. The predicted octanol–water partition coefficient (Wildman–Crippen LogP) is 2.86. The van der Waals surface area contributed by atoms with E-state index in [2.05, 4.69) is 48.3 Å². The molecule has 0 spiro atoms. The summed E-state index contributed by atoms with van der Waals surface area (Å²) in [6.45, 7) is 9.75. The predicted molar refractivity (Wildman–Crippen MR) is 75.5 cm³/mol. The first kappa shape index (κ1) is 14.5. The topological polar surface area (TPSA) is 15.3 Å². The largest absolute Gasteiger partial charge is 0.311 e. The van der Waals surface area contributed by atoms with E-state index < -0.39 is 0 Å². The zero-order valence-electron chi connectivity index (χ0n) is 10.9. The minimum Gasteiger partial charge on any atom is -0.311 e. The molecule has 0 fully saturated rings. The molecule has 0 amide bonds. The maximum Gasteiger partial charge on any atom is 0.0474 e. The van der Waals surface area contributed by atoms with Crippen LogP contribution in [0.1, 0.15) is 25.0 Å². The van der Waals surface area contributed by atoms with Gasteiger partial charge in [-0.2, -0.15) is 0 Å². The van der Waals surface area contributed by atoms with E-state index >= 15 is 0 Å². The van der Waals surface area contributed by atoms with Crippen molar-refractivity contribution in [2.24, 2.45) is 0 Å². The van der Waals surface area contributed by atoms with E-state index in [1.165, 1.54) is 11.1 Å². The van der Waals surface area contributed by atoms with E-state index in [1.807, 2.05) is 0 Å². The molecular formula is C14H23ClN2. The smallest absolute Gasteiger partial charge is 0.0474 e. The highest BCUT2D eigenvalue weighted by Crippen LogP contribution is 2.06. The van der Waals surface area contributed by atoms with Crippen molar-refractivity contribution >= 4 is 11.6 Å². The van der Waals surface area contributed by atoms with Crippen molar-refractivity contribution in [3.63, 3.8) is 0 Å². The number of alkyl halides is 1. The fourth-order valence-corrected chi connectivity index (χ4v) is 1.93. The summed E-state index contributed by atoms with van der Waals surface area (Å²) in [4.78, 5) is 2.42. The SMILES string of the molecule is CCN(CC)CCNCc1ccc(CCl)cc1. The molecule has 96 valence electrons. The summed E-state index contributed by atoms with van der Waals surface area (Å²) < 4.78 is 0. The summed E-state index contributed by atoms with van der Waals surface area (Å²) in [6, 6.07) is 8.47. The summed E-state index contributed by atoms with van der Waals surface area (Å²) in [6.07, 6.45) is 0. The van der Waals surface area contributed by atoms with Gasteiger partial charge in [0.25, 0.3) is 0 Å². The van der Waals surface area contributed by atoms with Crippen molar-refractivity contribution in [1.29, 1.82) is 0 Å². The van der Waals surface area contributed by atoms with Crippen LogP contribution in [0.5, 0.6) is 0 Å². The van der Waals surface area contributed by atoms with Gasteiger partial charge in [0.2, 0.25) is 0 Å². The third-order valence-electron chi connectivity index (χ3n) is 3.01. The summed E-state index contributed by atoms with van der Waals surface area (Å²) in [5, 5.41) is 3.46. The Kier molecular flexibility index (Phi) is 7.25. The second-order valence-electron chi connectivity index (χ2n) is 4.15. The van der Waals surface area contributed by atoms with Crippen LogP contribution in [-0.2, 0) is 12.4 Å². The van der Waals surface area contributed by atoms with Crippen LogP contribution < -0.4 is 5.32 Å². The molecule has 1 aromatic carbocycles. The summed E-state index contributed by atoms with van der Waals surface area (Å²) in [5.74, 6) is 0.593. The Morgan fingerprint density at radius 2 is 1.65 bits per heavy atom. The van der Waals surface area contributed by atoms with E-state index in [-0.39, 0.29) is 0 Å². The average Bonchev–Trinajstić information content (AvgIpc) is 2.40. The molecule has 1 aromatic rings. The van der Waals surface area contributed by atoms with Crippen molar-refractivity contribution in [2.45, 2.75) is 26.3 Å². The van der Waals surface area contributed by atoms with E-state index in [4.69, 9.17) is 11.6 Å². The number of benzene rings is 1. The van der Waals surface area contributed by atoms with Gasteiger partial charge in [0.1, 0.15) is 0 Å². The van der Waals surface area contributed by atoms with Gasteiger partial charge in [0.05, 0.1) is 0 Å². The van der Waals surface area contributed by atoms with Gasteiger partial charge in [0, 0.05) is 25.5 Å². The number of nitrogens with one attached hydrogen (secondary N) is 1. The minimum absolute atomic E-state index is 0.593. The first-order valence-corrected chi connectivity index (χ1v) is 6.90. The molecule has 17 heavy (non-hydrogen) atoms. The molecule has 0 bridgehead atoms. The van der Waals surface area contributed by atoms with Crippen molar-refractivity contribution in [3.8, 4) is 0 Å². The zero-order chi connectivity index (χ0) is 12.5. The molecule has 0 aliphatic carbocycles. The number of rotatable bonds is 8. The van der Waals surface area contributed by atoms with Crippen LogP contribution >= 0.6 is 11.6 Å². The lowest BCUT2D eigenvalue weighted by atomic mass is 10.1. The molecule has 1 N–H and O–H groups in total. The zero-order valence-corrected chi connectivity index (χ0v) is 11.6. The highest BCUT2D eigenvalue weighted by molar-refractivity contribution is 6.17. The van der Waals surface area contributed by atoms with Gasteiger partial charge in [-0.1, -0.05) is 38.1 Å². The third kappa shape index (κ3) is 5.53. The van der Waals surface area contributed by atoms with Crippen LogP contribution in [0.2, 0.25) is 0 Å². The number of halogens is 1. The Balaban J connectivity index is 2.21. The molecule has 0 atom stereocenters. The van der Waals surface area contributed by atoms with Crippen molar-refractivity contribution in [3.05, 3.63) is 35.4 Å². The van der Waals surface area contributed by atoms with Gasteiger partial charge in [-0.15, -0.1) is 11.6 Å². The maximum absolute atomic E-state index is 5.75. The lowest BCUT2D eigenvalue weighted by Crippen LogP contribution is -2.31. The fraction of sp³-hybridized carbons (Fsp3) is 0.571. The molecule has 0 aliphatic rings. The van der Waals surface area contributed by atoms with Gasteiger partial charge in [0.15, 0.2) is 0 Å². The molecule has 2 nitrogen and oxygen atoms in total. The number of likely N-dealkylation sites (N-methyl/N-ethyl adjacent to an activating group) is 1. The van der Waals surface area contributed by atoms with E-state index in [9.17, 15) is 0 Å². The normalized spacial score (nSPS) is 11.1. The highest BCUT2D eigenvalue weighted by Gasteiger charge is 1.98. The molecule has 0 radical (unpaired) electrons. The first-order valence-electron chi connectivity index (χ1n) is 6.37. The van der Waals surface area contributed by atoms with Crippen molar-refractivity contribution < 1.29 is 0 Å². The van der Waals surface area contributed by atoms with Crippen molar-refractivity contribution in [1.82, 2.24) is 10.2 Å². The van der Waals surface area contributed by atoms with Crippen LogP contribution in [0.4, 0.5) is 0 Å². The van der Waals surface area contributed by atoms with Gasteiger partial charge in [-0.05, 0) is 24.2 Å². The van der Waals surface area contributed by atoms with E-state index in [1.54, 1.807) is 0 Å². The monoisotopic (exact) mass is 254 g/mol. The minimum atomic E-state index is 0.593. The second-order valence-corrected chi connectivity index (χ2v) is 4.42. The third-order valence-corrected chi connectivity index (χ3v) is 3.31. The molecule has 0 aromatic heterocycles. The molecule has 0 saturated heterocycles. The Bertz CT molecular complexity index is 294. The Morgan fingerprint density at radius 1 is 1.06 bits per heavy atom. The molecule has 0 heterocycles. The Morgan fingerprint density at radius 3 is 2.18 bits per heavy atom. The standard InChI is InChI=1S/C14H23ClN2/c1-3-17(4-2)10-9-16-12-14-7-5-13(11-15)6-8-14/h5-8,16H,3-4,9-12H2,1-2H3. The molecule has 3 heteroatoms. The van der Waals surface area contributed by atoms with Gasteiger partial charge < -0.3 is 10.2 Å². The number of nitrogens with zero attached hydrogens (tertiary/aromatic N) is 1. The summed E-state index contributed by atoms with van der Waals surface area (Å²) in [5.41, 5.74) is 2.50. The summed E-state index contributed by atoms with van der Waals surface area (Å²) >= 11 is 5.75. The average molecular weight is 255 g/mol. The van der Waals surface area contributed by atoms with Crippen LogP contribution in [-0.4, -0.2) is 31.1 Å². The van der Waals surface area contributed by atoms with Gasteiger partial charge in [-0.25, -0.2) is 0 Å². The molecule has 0 saturated carbocycles. The molecular weight excluding hydrogens is 232 g/mol. The molecule has 0 aliphatic heterocycles. The lowest BCUT2D eigenvalue weighted by Gasteiger charge is -2.18. The highest BCUT2D eigenvalue weighted by atomic mass is 35.5. The fourth-order valence-electron chi connectivity index (χ4n) is 1.76. The van der Waals surface area contributed by atoms with Gasteiger partial charge >= 0.3 is 0 Å². The molecule has 0 unspecified atom stereocenters. The van der Waals surface area contributed by atoms with E-state index in [0.29, 0.717) is 5.88 Å². The first-order chi connectivity index (χ1) is 8.30. The number of hydrogen-bond donors (Lipinski definition) is 1. The Labute approximate surface area is 110 Å². The van der Waals surface area contributed by atoms with E-state index in [0.717, 1.165) is 32.7 Å². The number of hydrogen-bond acceptors (Lipinski definition) is 2. The maximum atomic E-state index is 5.75. The van der Waals surface area contributed by atoms with Crippen LogP contribution in [0.3, 0.4) is 0 Å². The lowest BCUT2D eigenvalue weighted by molar-refractivity contribution is 0.302. The van der Waals surface area contributed by atoms with Crippen LogP contribution in [0, 0.1) is 0 Å². The van der Waals surface area contributed by atoms with Crippen LogP contribution in [0.25, 0.3) is 0 Å². The quantitative estimate of drug-likeness (QED) is 0.567. The van der Waals surface area contributed by atoms with Gasteiger partial charge in [-0.3, -0.25) is 0 Å². The Hall–Kier alpha value is -0.570. The van der Waals surface area contributed by atoms with Crippen molar-refractivity contribution in [2.75, 3.05) is 26.2 Å².